The van der Waals surface area contributed by atoms with Gasteiger partial charge in [-0.3, -0.25) is 4.72 Å². The minimum atomic E-state index is -3.83. The highest BCUT2D eigenvalue weighted by Crippen LogP contribution is 2.24. The van der Waals surface area contributed by atoms with Crippen molar-refractivity contribution in [2.45, 2.75) is 18.7 Å². The van der Waals surface area contributed by atoms with Crippen molar-refractivity contribution < 1.29 is 22.3 Å². The van der Waals surface area contributed by atoms with Gasteiger partial charge in [-0.15, -0.1) is 0 Å². The van der Waals surface area contributed by atoms with Gasteiger partial charge in [0.1, 0.15) is 5.75 Å². The Bertz CT molecular complexity index is 1070. The third-order valence-corrected chi connectivity index (χ3v) is 5.05. The molecule has 0 atom stereocenters. The molecule has 0 amide bonds. The first-order valence-electron chi connectivity index (χ1n) is 8.40. The van der Waals surface area contributed by atoms with Crippen LogP contribution < -0.4 is 14.2 Å². The van der Waals surface area contributed by atoms with Crippen molar-refractivity contribution in [2.75, 3.05) is 11.3 Å². The van der Waals surface area contributed by atoms with Crippen molar-refractivity contribution in [1.29, 1.82) is 0 Å². The number of nitrogens with one attached hydrogen (secondary N) is 1. The largest absolute Gasteiger partial charge is 0.494 e. The number of sulfonamides is 1. The monoisotopic (exact) mass is 403 g/mol. The summed E-state index contributed by atoms with van der Waals surface area (Å²) in [5.74, 6) is 0.0434. The Hall–Kier alpha value is -3.20. The summed E-state index contributed by atoms with van der Waals surface area (Å²) >= 11 is 0. The fourth-order valence-corrected chi connectivity index (χ4v) is 3.48. The van der Waals surface area contributed by atoms with Crippen molar-refractivity contribution in [3.63, 3.8) is 0 Å². The predicted molar refractivity (Wildman–Crippen MR) is 102 cm³/mol. The van der Waals surface area contributed by atoms with E-state index in [1.54, 1.807) is 19.1 Å². The molecule has 0 aliphatic carbocycles. The molecule has 0 aliphatic rings. The molecule has 9 heteroatoms. The van der Waals surface area contributed by atoms with Crippen molar-refractivity contribution >= 4 is 15.7 Å². The van der Waals surface area contributed by atoms with Crippen LogP contribution in [0.15, 0.2) is 59.8 Å². The number of halogens is 1. The van der Waals surface area contributed by atoms with Crippen LogP contribution in [0.3, 0.4) is 0 Å². The zero-order valence-corrected chi connectivity index (χ0v) is 16.0. The Kier molecular flexibility index (Phi) is 5.74. The molecule has 1 heterocycles. The van der Waals surface area contributed by atoms with Crippen LogP contribution in [0, 0.1) is 12.7 Å². The van der Waals surface area contributed by atoms with Gasteiger partial charge >= 0.3 is 6.01 Å². The van der Waals surface area contributed by atoms with E-state index < -0.39 is 15.8 Å². The molecule has 1 aromatic heterocycles. The summed E-state index contributed by atoms with van der Waals surface area (Å²) in [4.78, 5) is 7.89. The van der Waals surface area contributed by atoms with E-state index in [1.807, 2.05) is 6.92 Å². The van der Waals surface area contributed by atoms with Gasteiger partial charge in [-0.2, -0.15) is 0 Å². The standard InChI is InChI=1S/C19H18FN3O4S/c1-3-26-17-9-8-15(10-13(17)2)28(24,25)23-14-11-21-19(22-12-14)27-18-7-5-4-6-16(18)20/h4-12,23H,3H2,1-2H3. The number of nitrogens with zero attached hydrogens (tertiary/aromatic N) is 2. The van der Waals surface area contributed by atoms with Gasteiger partial charge < -0.3 is 9.47 Å². The first kappa shape index (κ1) is 19.6. The highest BCUT2D eigenvalue weighted by Gasteiger charge is 2.16. The van der Waals surface area contributed by atoms with Gasteiger partial charge in [0.15, 0.2) is 11.6 Å². The van der Waals surface area contributed by atoms with Crippen molar-refractivity contribution in [3.05, 3.63) is 66.2 Å². The van der Waals surface area contributed by atoms with Crippen LogP contribution in [0.4, 0.5) is 10.1 Å². The molecule has 0 saturated carbocycles. The number of para-hydroxylation sites is 1. The van der Waals surface area contributed by atoms with Crippen molar-refractivity contribution in [2.24, 2.45) is 0 Å². The van der Waals surface area contributed by atoms with Crippen molar-refractivity contribution in [1.82, 2.24) is 9.97 Å². The van der Waals surface area contributed by atoms with Crippen LogP contribution in [-0.2, 0) is 10.0 Å². The van der Waals surface area contributed by atoms with E-state index >= 15 is 0 Å². The summed E-state index contributed by atoms with van der Waals surface area (Å²) in [6.45, 7) is 4.11. The summed E-state index contributed by atoms with van der Waals surface area (Å²) in [6, 6.07) is 10.3. The Balaban J connectivity index is 1.74. The lowest BCUT2D eigenvalue weighted by Gasteiger charge is -2.11. The van der Waals surface area contributed by atoms with Gasteiger partial charge in [0.05, 0.1) is 29.6 Å². The number of hydrogen-bond donors (Lipinski definition) is 1. The first-order valence-corrected chi connectivity index (χ1v) is 9.88. The molecule has 1 N–H and O–H groups in total. The van der Waals surface area contributed by atoms with E-state index in [9.17, 15) is 12.8 Å². The van der Waals surface area contributed by atoms with E-state index in [1.165, 1.54) is 42.7 Å². The van der Waals surface area contributed by atoms with Crippen molar-refractivity contribution in [3.8, 4) is 17.5 Å². The summed E-state index contributed by atoms with van der Waals surface area (Å²) < 4.78 is 51.8. The number of benzene rings is 2. The predicted octanol–water partition coefficient (Wildman–Crippen LogP) is 3.92. The Morgan fingerprint density at radius 1 is 1.07 bits per heavy atom. The molecule has 0 saturated heterocycles. The maximum Gasteiger partial charge on any atom is 0.322 e. The second kappa shape index (κ2) is 8.22. The fourth-order valence-electron chi connectivity index (χ4n) is 2.37. The van der Waals surface area contributed by atoms with E-state index in [4.69, 9.17) is 9.47 Å². The third-order valence-electron chi connectivity index (χ3n) is 3.67. The minimum absolute atomic E-state index is 0.0271. The Morgan fingerprint density at radius 3 is 2.43 bits per heavy atom. The highest BCUT2D eigenvalue weighted by atomic mass is 32.2. The van der Waals surface area contributed by atoms with Crippen LogP contribution in [0.25, 0.3) is 0 Å². The summed E-state index contributed by atoms with van der Waals surface area (Å²) in [5, 5.41) is 0. The van der Waals surface area contributed by atoms with Crippen LogP contribution in [-0.4, -0.2) is 25.0 Å². The number of aromatic nitrogens is 2. The van der Waals surface area contributed by atoms with E-state index in [-0.39, 0.29) is 22.3 Å². The van der Waals surface area contributed by atoms with E-state index in [0.717, 1.165) is 0 Å². The lowest BCUT2D eigenvalue weighted by atomic mass is 10.2. The first-order chi connectivity index (χ1) is 13.4. The number of rotatable bonds is 7. The molecule has 7 nitrogen and oxygen atoms in total. The third kappa shape index (κ3) is 4.55. The second-order valence-electron chi connectivity index (χ2n) is 5.75. The molecule has 0 aliphatic heterocycles. The average Bonchev–Trinajstić information content (AvgIpc) is 2.66. The topological polar surface area (TPSA) is 90.4 Å². The second-order valence-corrected chi connectivity index (χ2v) is 7.44. The molecule has 28 heavy (non-hydrogen) atoms. The molecule has 0 bridgehead atoms. The molecule has 0 fully saturated rings. The quantitative estimate of drug-likeness (QED) is 0.643. The smallest absolute Gasteiger partial charge is 0.322 e. The van der Waals surface area contributed by atoms with Crippen LogP contribution in [0.2, 0.25) is 0 Å². The maximum absolute atomic E-state index is 13.6. The molecule has 146 valence electrons. The molecule has 0 spiro atoms. The van der Waals surface area contributed by atoms with E-state index in [2.05, 4.69) is 14.7 Å². The summed E-state index contributed by atoms with van der Waals surface area (Å²) in [6.07, 6.45) is 2.48. The Morgan fingerprint density at radius 2 is 1.79 bits per heavy atom. The van der Waals surface area contributed by atoms with Gasteiger partial charge in [0, 0.05) is 0 Å². The zero-order valence-electron chi connectivity index (χ0n) is 15.2. The lowest BCUT2D eigenvalue weighted by Crippen LogP contribution is -2.13. The summed E-state index contributed by atoms with van der Waals surface area (Å²) in [7, 11) is -3.83. The maximum atomic E-state index is 13.6. The minimum Gasteiger partial charge on any atom is -0.494 e. The molecule has 2 aromatic carbocycles. The average molecular weight is 403 g/mol. The van der Waals surface area contributed by atoms with Gasteiger partial charge in [-0.1, -0.05) is 12.1 Å². The lowest BCUT2D eigenvalue weighted by molar-refractivity contribution is 0.337. The number of anilines is 1. The molecule has 0 radical (unpaired) electrons. The molecule has 0 unspecified atom stereocenters. The van der Waals surface area contributed by atoms with Crippen LogP contribution in [0.1, 0.15) is 12.5 Å². The number of ether oxygens (including phenoxy) is 2. The normalized spacial score (nSPS) is 11.1. The fraction of sp³-hybridized carbons (Fsp3) is 0.158. The molecule has 3 rings (SSSR count). The summed E-state index contributed by atoms with van der Waals surface area (Å²) in [5.41, 5.74) is 0.849. The molecule has 3 aromatic rings. The van der Waals surface area contributed by atoms with Gasteiger partial charge in [0.2, 0.25) is 0 Å². The van der Waals surface area contributed by atoms with Gasteiger partial charge in [-0.25, -0.2) is 22.8 Å². The Labute approximate surface area is 162 Å². The number of aryl methyl sites for hydroxylation is 1. The van der Waals surface area contributed by atoms with Crippen LogP contribution in [0.5, 0.6) is 17.5 Å². The van der Waals surface area contributed by atoms with Gasteiger partial charge in [-0.05, 0) is 49.7 Å². The number of hydrogen-bond acceptors (Lipinski definition) is 6. The zero-order chi connectivity index (χ0) is 20.1. The van der Waals surface area contributed by atoms with Gasteiger partial charge in [0.25, 0.3) is 10.0 Å². The highest BCUT2D eigenvalue weighted by molar-refractivity contribution is 7.92. The molecular weight excluding hydrogens is 385 g/mol. The molecular formula is C19H18FN3O4S. The SMILES string of the molecule is CCOc1ccc(S(=O)(=O)Nc2cnc(Oc3ccccc3F)nc2)cc1C. The van der Waals surface area contributed by atoms with E-state index in [0.29, 0.717) is 17.9 Å². The van der Waals surface area contributed by atoms with Crippen LogP contribution >= 0.6 is 0 Å².